The molecule has 3 aromatic carbocycles. The van der Waals surface area contributed by atoms with Crippen molar-refractivity contribution in [3.63, 3.8) is 0 Å². The van der Waals surface area contributed by atoms with Gasteiger partial charge in [-0.05, 0) is 42.0 Å². The number of thioether (sulfide) groups is 1. The highest BCUT2D eigenvalue weighted by Gasteiger charge is 2.16. The summed E-state index contributed by atoms with van der Waals surface area (Å²) >= 11 is 13.7. The SMILES string of the molecule is Nc1cccc(-c2nnc(SCc3ccc(Cl)c(Cl)c3)n2-c2ccccc2)c1. The second-order valence-corrected chi connectivity index (χ2v) is 7.90. The number of para-hydroxylation sites is 1. The number of hydrogen-bond acceptors (Lipinski definition) is 4. The summed E-state index contributed by atoms with van der Waals surface area (Å²) in [5, 5.41) is 10.7. The summed E-state index contributed by atoms with van der Waals surface area (Å²) in [7, 11) is 0. The first-order chi connectivity index (χ1) is 13.6. The van der Waals surface area contributed by atoms with Crippen LogP contribution < -0.4 is 5.73 Å². The molecular weight excluding hydrogens is 411 g/mol. The van der Waals surface area contributed by atoms with Crippen molar-refractivity contribution in [1.82, 2.24) is 14.8 Å². The topological polar surface area (TPSA) is 56.7 Å². The average Bonchev–Trinajstić information content (AvgIpc) is 3.13. The van der Waals surface area contributed by atoms with Gasteiger partial charge in [-0.3, -0.25) is 4.57 Å². The Balaban J connectivity index is 1.72. The van der Waals surface area contributed by atoms with Crippen LogP contribution in [0.15, 0.2) is 78.0 Å². The van der Waals surface area contributed by atoms with E-state index < -0.39 is 0 Å². The Labute approximate surface area is 177 Å². The van der Waals surface area contributed by atoms with Crippen LogP contribution in [0.25, 0.3) is 17.1 Å². The van der Waals surface area contributed by atoms with Gasteiger partial charge in [0.25, 0.3) is 0 Å². The molecule has 4 rings (SSSR count). The van der Waals surface area contributed by atoms with E-state index in [2.05, 4.69) is 10.2 Å². The molecule has 0 aliphatic heterocycles. The fourth-order valence-electron chi connectivity index (χ4n) is 2.82. The average molecular weight is 427 g/mol. The summed E-state index contributed by atoms with van der Waals surface area (Å²) in [6.07, 6.45) is 0. The first kappa shape index (κ1) is 18.9. The number of aromatic nitrogens is 3. The van der Waals surface area contributed by atoms with Gasteiger partial charge >= 0.3 is 0 Å². The van der Waals surface area contributed by atoms with E-state index in [1.165, 1.54) is 0 Å². The predicted molar refractivity (Wildman–Crippen MR) is 117 cm³/mol. The third-order valence-corrected chi connectivity index (χ3v) is 5.88. The van der Waals surface area contributed by atoms with Crippen molar-refractivity contribution in [2.75, 3.05) is 5.73 Å². The van der Waals surface area contributed by atoms with Crippen molar-refractivity contribution in [3.05, 3.63) is 88.4 Å². The molecule has 0 saturated heterocycles. The zero-order chi connectivity index (χ0) is 19.5. The quantitative estimate of drug-likeness (QED) is 0.308. The first-order valence-electron chi connectivity index (χ1n) is 8.55. The maximum Gasteiger partial charge on any atom is 0.196 e. The lowest BCUT2D eigenvalue weighted by Gasteiger charge is -2.11. The van der Waals surface area contributed by atoms with Gasteiger partial charge in [0.1, 0.15) is 0 Å². The highest BCUT2D eigenvalue weighted by Crippen LogP contribution is 2.31. The van der Waals surface area contributed by atoms with Crippen LogP contribution >= 0.6 is 35.0 Å². The second kappa shape index (κ2) is 8.27. The summed E-state index contributed by atoms with van der Waals surface area (Å²) < 4.78 is 2.04. The Hall–Kier alpha value is -2.47. The van der Waals surface area contributed by atoms with Crippen molar-refractivity contribution in [2.24, 2.45) is 0 Å². The molecule has 28 heavy (non-hydrogen) atoms. The largest absolute Gasteiger partial charge is 0.399 e. The van der Waals surface area contributed by atoms with Crippen molar-refractivity contribution in [3.8, 4) is 17.1 Å². The Kier molecular flexibility index (Phi) is 5.57. The number of halogens is 2. The monoisotopic (exact) mass is 426 g/mol. The van der Waals surface area contributed by atoms with Gasteiger partial charge in [-0.2, -0.15) is 0 Å². The highest BCUT2D eigenvalue weighted by atomic mass is 35.5. The number of nitrogen functional groups attached to an aromatic ring is 1. The number of rotatable bonds is 5. The van der Waals surface area contributed by atoms with Gasteiger partial charge in [0, 0.05) is 22.7 Å². The summed E-state index contributed by atoms with van der Waals surface area (Å²) in [4.78, 5) is 0. The summed E-state index contributed by atoms with van der Waals surface area (Å²) in [6.45, 7) is 0. The van der Waals surface area contributed by atoms with Crippen LogP contribution in [0.5, 0.6) is 0 Å². The lowest BCUT2D eigenvalue weighted by molar-refractivity contribution is 0.886. The lowest BCUT2D eigenvalue weighted by atomic mass is 10.2. The molecule has 0 unspecified atom stereocenters. The molecule has 2 N–H and O–H groups in total. The Bertz CT molecular complexity index is 1110. The van der Waals surface area contributed by atoms with E-state index in [1.54, 1.807) is 17.8 Å². The molecule has 0 aliphatic carbocycles. The van der Waals surface area contributed by atoms with Gasteiger partial charge in [0.15, 0.2) is 11.0 Å². The van der Waals surface area contributed by atoms with E-state index in [0.29, 0.717) is 21.5 Å². The van der Waals surface area contributed by atoms with Crippen LogP contribution in [0.3, 0.4) is 0 Å². The van der Waals surface area contributed by atoms with Crippen molar-refractivity contribution >= 4 is 40.7 Å². The number of nitrogens with two attached hydrogens (primary N) is 1. The zero-order valence-corrected chi connectivity index (χ0v) is 17.0. The molecule has 1 aromatic heterocycles. The van der Waals surface area contributed by atoms with Crippen LogP contribution in [0.1, 0.15) is 5.56 Å². The molecule has 0 radical (unpaired) electrons. The summed E-state index contributed by atoms with van der Waals surface area (Å²) in [6, 6.07) is 23.3. The standard InChI is InChI=1S/C21H16Cl2N4S/c22-18-10-9-14(11-19(18)23)13-28-21-26-25-20(15-5-4-6-16(24)12-15)27(21)17-7-2-1-3-8-17/h1-12H,13,24H2. The second-order valence-electron chi connectivity index (χ2n) is 6.14. The molecule has 0 amide bonds. The van der Waals surface area contributed by atoms with Crippen molar-refractivity contribution < 1.29 is 0 Å². The molecule has 0 bridgehead atoms. The number of anilines is 1. The molecule has 4 aromatic rings. The zero-order valence-electron chi connectivity index (χ0n) is 14.7. The first-order valence-corrected chi connectivity index (χ1v) is 10.3. The Morgan fingerprint density at radius 2 is 1.68 bits per heavy atom. The van der Waals surface area contributed by atoms with Crippen LogP contribution in [0, 0.1) is 0 Å². The lowest BCUT2D eigenvalue weighted by Crippen LogP contribution is -2.00. The van der Waals surface area contributed by atoms with E-state index in [4.69, 9.17) is 28.9 Å². The third-order valence-electron chi connectivity index (χ3n) is 4.14. The molecule has 140 valence electrons. The molecular formula is C21H16Cl2N4S. The number of hydrogen-bond donors (Lipinski definition) is 1. The smallest absolute Gasteiger partial charge is 0.196 e. The van der Waals surface area contributed by atoms with Crippen molar-refractivity contribution in [2.45, 2.75) is 10.9 Å². The predicted octanol–water partition coefficient (Wildman–Crippen LogP) is 6.12. The van der Waals surface area contributed by atoms with E-state index in [-0.39, 0.29) is 0 Å². The summed E-state index contributed by atoms with van der Waals surface area (Å²) in [5.74, 6) is 1.44. The van der Waals surface area contributed by atoms with Gasteiger partial charge in [-0.15, -0.1) is 10.2 Å². The maximum absolute atomic E-state index is 6.14. The Morgan fingerprint density at radius 1 is 0.857 bits per heavy atom. The van der Waals surface area contributed by atoms with E-state index in [1.807, 2.05) is 71.3 Å². The molecule has 0 saturated carbocycles. The third kappa shape index (κ3) is 4.02. The van der Waals surface area contributed by atoms with Gasteiger partial charge in [-0.25, -0.2) is 0 Å². The summed E-state index contributed by atoms with van der Waals surface area (Å²) in [5.41, 5.74) is 9.62. The van der Waals surface area contributed by atoms with Gasteiger partial charge < -0.3 is 5.73 Å². The normalized spacial score (nSPS) is 10.9. The van der Waals surface area contributed by atoms with Gasteiger partial charge in [0.2, 0.25) is 0 Å². The fourth-order valence-corrected chi connectivity index (χ4v) is 4.03. The number of nitrogens with zero attached hydrogens (tertiary/aromatic N) is 3. The molecule has 0 atom stereocenters. The minimum atomic E-state index is 0.546. The minimum absolute atomic E-state index is 0.546. The molecule has 7 heteroatoms. The van der Waals surface area contributed by atoms with Gasteiger partial charge in [-0.1, -0.05) is 71.4 Å². The molecule has 1 heterocycles. The Morgan fingerprint density at radius 3 is 2.43 bits per heavy atom. The van der Waals surface area contributed by atoms with Crippen LogP contribution in [-0.4, -0.2) is 14.8 Å². The van der Waals surface area contributed by atoms with E-state index in [0.717, 1.165) is 27.8 Å². The fraction of sp³-hybridized carbons (Fsp3) is 0.0476. The van der Waals surface area contributed by atoms with Crippen LogP contribution in [0.4, 0.5) is 5.69 Å². The van der Waals surface area contributed by atoms with Crippen LogP contribution in [-0.2, 0) is 5.75 Å². The van der Waals surface area contributed by atoms with Gasteiger partial charge in [0.05, 0.1) is 10.0 Å². The molecule has 0 spiro atoms. The number of benzene rings is 3. The van der Waals surface area contributed by atoms with E-state index >= 15 is 0 Å². The molecule has 0 fully saturated rings. The molecule has 0 aliphatic rings. The molecule has 4 nitrogen and oxygen atoms in total. The van der Waals surface area contributed by atoms with E-state index in [9.17, 15) is 0 Å². The van der Waals surface area contributed by atoms with Crippen LogP contribution in [0.2, 0.25) is 10.0 Å². The highest BCUT2D eigenvalue weighted by molar-refractivity contribution is 7.98. The minimum Gasteiger partial charge on any atom is -0.399 e. The van der Waals surface area contributed by atoms with Crippen molar-refractivity contribution in [1.29, 1.82) is 0 Å². The maximum atomic E-state index is 6.14.